The Morgan fingerprint density at radius 1 is 1.36 bits per heavy atom. The minimum absolute atomic E-state index is 0.153. The Hall–Kier alpha value is -0.170. The molecule has 1 unspecified atom stereocenters. The molecule has 0 saturated carbocycles. The molecule has 0 aromatic rings. The normalized spacial score (nSPS) is 14.8. The molecule has 0 aromatic heterocycles. The minimum atomic E-state index is -3.92. The van der Waals surface area contributed by atoms with Gasteiger partial charge in [0.15, 0.2) is 0 Å². The summed E-state index contributed by atoms with van der Waals surface area (Å²) in [5.41, 5.74) is 0. The summed E-state index contributed by atoms with van der Waals surface area (Å²) in [5.74, 6) is -0.371. The Bertz CT molecular complexity index is 185. The van der Waals surface area contributed by atoms with Gasteiger partial charge >= 0.3 is 0 Å². The first-order chi connectivity index (χ1) is 4.95. The van der Waals surface area contributed by atoms with Crippen LogP contribution in [0, 0.1) is 0 Å². The molecule has 68 valence electrons. The van der Waals surface area contributed by atoms with E-state index in [1.165, 1.54) is 0 Å². The van der Waals surface area contributed by atoms with Crippen LogP contribution in [0.15, 0.2) is 0 Å². The number of rotatable bonds is 5. The van der Waals surface area contributed by atoms with Crippen molar-refractivity contribution in [3.8, 4) is 0 Å². The van der Waals surface area contributed by atoms with Crippen LogP contribution in [0.1, 0.15) is 12.8 Å². The van der Waals surface area contributed by atoms with Crippen LogP contribution in [0.2, 0.25) is 0 Å². The second-order valence-corrected chi connectivity index (χ2v) is 3.84. The van der Waals surface area contributed by atoms with Gasteiger partial charge < -0.3 is 10.2 Å². The van der Waals surface area contributed by atoms with Gasteiger partial charge in [0, 0.05) is 0 Å². The monoisotopic (exact) mass is 184 g/mol. The zero-order chi connectivity index (χ0) is 8.91. The molecule has 0 fully saturated rings. The molecular weight excluding hydrogens is 172 g/mol. The van der Waals surface area contributed by atoms with Crippen LogP contribution in [0.5, 0.6) is 0 Å². The Kier molecular flexibility index (Phi) is 4.58. The van der Waals surface area contributed by atoms with E-state index >= 15 is 0 Å². The van der Waals surface area contributed by atoms with Crippen molar-refractivity contribution in [1.82, 2.24) is 0 Å². The van der Waals surface area contributed by atoms with Crippen LogP contribution in [0.3, 0.4) is 0 Å². The fourth-order valence-electron chi connectivity index (χ4n) is 0.593. The summed E-state index contributed by atoms with van der Waals surface area (Å²) in [7, 11) is -3.92. The quantitative estimate of drug-likeness (QED) is 0.477. The average Bonchev–Trinajstić information content (AvgIpc) is 1.85. The first-order valence-electron chi connectivity index (χ1n) is 3.20. The Labute approximate surface area is 65.4 Å². The number of aliphatic hydroxyl groups is 2. The maximum atomic E-state index is 10.1. The van der Waals surface area contributed by atoms with Crippen molar-refractivity contribution in [2.45, 2.75) is 18.9 Å². The molecule has 0 heterocycles. The van der Waals surface area contributed by atoms with Gasteiger partial charge in [-0.3, -0.25) is 4.55 Å². The molecule has 1 atom stereocenters. The lowest BCUT2D eigenvalue weighted by Crippen LogP contribution is -2.14. The SMILES string of the molecule is O=S(=O)(O)CCCC(O)CO. The molecule has 0 aliphatic carbocycles. The summed E-state index contributed by atoms with van der Waals surface area (Å²) >= 11 is 0. The van der Waals surface area contributed by atoms with Gasteiger partial charge in [-0.25, -0.2) is 0 Å². The Balaban J connectivity index is 3.43. The van der Waals surface area contributed by atoms with Crippen molar-refractivity contribution in [3.63, 3.8) is 0 Å². The van der Waals surface area contributed by atoms with Gasteiger partial charge in [-0.2, -0.15) is 8.42 Å². The highest BCUT2D eigenvalue weighted by Gasteiger charge is 2.06. The molecule has 5 nitrogen and oxygen atoms in total. The highest BCUT2D eigenvalue weighted by molar-refractivity contribution is 7.85. The highest BCUT2D eigenvalue weighted by Crippen LogP contribution is 1.98. The van der Waals surface area contributed by atoms with E-state index in [2.05, 4.69) is 0 Å². The van der Waals surface area contributed by atoms with Gasteiger partial charge in [-0.1, -0.05) is 0 Å². The van der Waals surface area contributed by atoms with Crippen molar-refractivity contribution in [3.05, 3.63) is 0 Å². The first-order valence-corrected chi connectivity index (χ1v) is 4.80. The van der Waals surface area contributed by atoms with Crippen LogP contribution < -0.4 is 0 Å². The molecule has 11 heavy (non-hydrogen) atoms. The maximum Gasteiger partial charge on any atom is 0.264 e. The number of hydrogen-bond acceptors (Lipinski definition) is 4. The van der Waals surface area contributed by atoms with E-state index in [0.717, 1.165) is 0 Å². The van der Waals surface area contributed by atoms with E-state index in [9.17, 15) is 8.42 Å². The molecule has 0 aromatic carbocycles. The smallest absolute Gasteiger partial charge is 0.264 e. The van der Waals surface area contributed by atoms with Gasteiger partial charge in [0.25, 0.3) is 10.1 Å². The van der Waals surface area contributed by atoms with Crippen molar-refractivity contribution in [2.24, 2.45) is 0 Å². The van der Waals surface area contributed by atoms with Gasteiger partial charge in [0.05, 0.1) is 18.5 Å². The van der Waals surface area contributed by atoms with Crippen LogP contribution in [-0.4, -0.2) is 41.6 Å². The van der Waals surface area contributed by atoms with Gasteiger partial charge in [-0.05, 0) is 12.8 Å². The second-order valence-electron chi connectivity index (χ2n) is 2.26. The van der Waals surface area contributed by atoms with Crippen molar-refractivity contribution in [2.75, 3.05) is 12.4 Å². The maximum absolute atomic E-state index is 10.1. The molecule has 0 aliphatic heterocycles. The molecule has 0 rings (SSSR count). The summed E-state index contributed by atoms with van der Waals surface area (Å²) in [4.78, 5) is 0. The van der Waals surface area contributed by atoms with E-state index in [0.29, 0.717) is 0 Å². The molecule has 3 N–H and O–H groups in total. The summed E-state index contributed by atoms with van der Waals surface area (Å²) in [6.07, 6.45) is -0.562. The van der Waals surface area contributed by atoms with E-state index in [1.807, 2.05) is 0 Å². The molecular formula is C5H12O5S. The fourth-order valence-corrected chi connectivity index (χ4v) is 1.12. The predicted octanol–water partition coefficient (Wildman–Crippen LogP) is -0.992. The number of aliphatic hydroxyl groups excluding tert-OH is 2. The molecule has 6 heteroatoms. The largest absolute Gasteiger partial charge is 0.394 e. The number of hydrogen-bond donors (Lipinski definition) is 3. The first kappa shape index (κ1) is 10.8. The molecule has 0 aliphatic rings. The Morgan fingerprint density at radius 2 is 1.91 bits per heavy atom. The summed E-state index contributed by atoms with van der Waals surface area (Å²) in [5, 5.41) is 17.0. The lowest BCUT2D eigenvalue weighted by molar-refractivity contribution is 0.0878. The fraction of sp³-hybridized carbons (Fsp3) is 1.00. The third-order valence-corrected chi connectivity index (χ3v) is 1.95. The van der Waals surface area contributed by atoms with E-state index in [4.69, 9.17) is 14.8 Å². The molecule has 0 amide bonds. The van der Waals surface area contributed by atoms with Crippen LogP contribution in [-0.2, 0) is 10.1 Å². The molecule has 0 bridgehead atoms. The predicted molar refractivity (Wildman–Crippen MR) is 38.7 cm³/mol. The summed E-state index contributed by atoms with van der Waals surface area (Å²) in [6, 6.07) is 0. The summed E-state index contributed by atoms with van der Waals surface area (Å²) < 4.78 is 28.5. The van der Waals surface area contributed by atoms with Gasteiger partial charge in [0.2, 0.25) is 0 Å². The Morgan fingerprint density at radius 3 is 2.27 bits per heavy atom. The molecule has 0 saturated heterocycles. The topological polar surface area (TPSA) is 94.8 Å². The van der Waals surface area contributed by atoms with Crippen LogP contribution in [0.25, 0.3) is 0 Å². The standard InChI is InChI=1S/C5H12O5S/c6-4-5(7)2-1-3-11(8,9)10/h5-7H,1-4H2,(H,8,9,10). The zero-order valence-corrected chi connectivity index (χ0v) is 6.79. The highest BCUT2D eigenvalue weighted by atomic mass is 32.2. The van der Waals surface area contributed by atoms with Crippen molar-refractivity contribution < 1.29 is 23.2 Å². The second kappa shape index (κ2) is 4.66. The van der Waals surface area contributed by atoms with E-state index in [-0.39, 0.29) is 25.2 Å². The lowest BCUT2D eigenvalue weighted by Gasteiger charge is -2.04. The molecule has 0 radical (unpaired) electrons. The van der Waals surface area contributed by atoms with Crippen LogP contribution in [0.4, 0.5) is 0 Å². The van der Waals surface area contributed by atoms with Gasteiger partial charge in [0.1, 0.15) is 0 Å². The lowest BCUT2D eigenvalue weighted by atomic mass is 10.2. The average molecular weight is 184 g/mol. The van der Waals surface area contributed by atoms with E-state index in [1.54, 1.807) is 0 Å². The molecule has 0 spiro atoms. The van der Waals surface area contributed by atoms with E-state index < -0.39 is 16.2 Å². The third-order valence-electron chi connectivity index (χ3n) is 1.15. The van der Waals surface area contributed by atoms with Crippen molar-refractivity contribution in [1.29, 1.82) is 0 Å². The zero-order valence-electron chi connectivity index (χ0n) is 5.97. The van der Waals surface area contributed by atoms with Crippen molar-refractivity contribution >= 4 is 10.1 Å². The van der Waals surface area contributed by atoms with Crippen LogP contribution >= 0.6 is 0 Å². The summed E-state index contributed by atoms with van der Waals surface area (Å²) in [6.45, 7) is -0.383. The minimum Gasteiger partial charge on any atom is -0.394 e. The third kappa shape index (κ3) is 7.73. The van der Waals surface area contributed by atoms with Gasteiger partial charge in [-0.15, -0.1) is 0 Å².